The van der Waals surface area contributed by atoms with E-state index in [1.165, 1.54) is 24.5 Å². The molecule has 1 saturated heterocycles. The molecular formula is C16H14N6O4S. The van der Waals surface area contributed by atoms with E-state index in [9.17, 15) is 19.7 Å². The molecule has 0 saturated carbocycles. The van der Waals surface area contributed by atoms with E-state index in [2.05, 4.69) is 25.6 Å². The molecule has 0 aliphatic carbocycles. The zero-order valence-corrected chi connectivity index (χ0v) is 14.9. The number of nitro benzene ring substituents is 1. The number of benzene rings is 1. The second-order valence-electron chi connectivity index (χ2n) is 5.59. The molecule has 138 valence electrons. The van der Waals surface area contributed by atoms with E-state index in [-0.39, 0.29) is 29.7 Å². The Kier molecular flexibility index (Phi) is 5.41. The zero-order valence-electron chi connectivity index (χ0n) is 14.1. The lowest BCUT2D eigenvalue weighted by molar-refractivity contribution is -0.384. The number of amidine groups is 1. The maximum atomic E-state index is 12.2. The number of thioether (sulfide) groups is 1. The van der Waals surface area contributed by atoms with Gasteiger partial charge in [-0.3, -0.25) is 19.7 Å². The Balaban J connectivity index is 1.66. The van der Waals surface area contributed by atoms with Crippen LogP contribution >= 0.6 is 11.8 Å². The number of hydrogen-bond donors (Lipinski definition) is 2. The third-order valence-corrected chi connectivity index (χ3v) is 4.61. The Hall–Kier alpha value is -3.34. The van der Waals surface area contributed by atoms with Crippen molar-refractivity contribution in [3.05, 3.63) is 52.3 Å². The summed E-state index contributed by atoms with van der Waals surface area (Å²) in [4.78, 5) is 46.8. The van der Waals surface area contributed by atoms with E-state index >= 15 is 0 Å². The number of aromatic nitrogens is 2. The van der Waals surface area contributed by atoms with Gasteiger partial charge in [0.25, 0.3) is 11.6 Å². The molecule has 1 atom stereocenters. The third-order valence-electron chi connectivity index (χ3n) is 3.52. The summed E-state index contributed by atoms with van der Waals surface area (Å²) in [5.74, 6) is -0.685. The molecule has 0 radical (unpaired) electrons. The number of anilines is 1. The number of nitro groups is 1. The summed E-state index contributed by atoms with van der Waals surface area (Å²) >= 11 is 1.08. The molecule has 0 spiro atoms. The minimum absolute atomic E-state index is 0.0885. The molecule has 1 aromatic carbocycles. The average molecular weight is 386 g/mol. The van der Waals surface area contributed by atoms with Crippen molar-refractivity contribution in [3.63, 3.8) is 0 Å². The molecule has 3 rings (SSSR count). The van der Waals surface area contributed by atoms with Gasteiger partial charge in [-0.05, 0) is 24.6 Å². The fourth-order valence-corrected chi connectivity index (χ4v) is 3.26. The largest absolute Gasteiger partial charge is 0.320 e. The SMILES string of the molecule is Cc1ccc(NC(=O)CC2S/C(=N\c3ncccn3)NC2=O)c([N+](=O)[O-])c1. The molecular weight excluding hydrogens is 372 g/mol. The number of carbonyl (C=O) groups excluding carboxylic acids is 2. The quantitative estimate of drug-likeness (QED) is 0.591. The molecule has 1 aromatic heterocycles. The lowest BCUT2D eigenvalue weighted by Crippen LogP contribution is -2.28. The Morgan fingerprint density at radius 1 is 1.41 bits per heavy atom. The van der Waals surface area contributed by atoms with E-state index in [1.807, 2.05) is 0 Å². The van der Waals surface area contributed by atoms with Crippen molar-refractivity contribution in [1.82, 2.24) is 15.3 Å². The van der Waals surface area contributed by atoms with Crippen LogP contribution in [0.3, 0.4) is 0 Å². The summed E-state index contributed by atoms with van der Waals surface area (Å²) < 4.78 is 0. The first-order valence-electron chi connectivity index (χ1n) is 7.80. The van der Waals surface area contributed by atoms with Gasteiger partial charge in [0.1, 0.15) is 10.9 Å². The number of nitrogens with one attached hydrogen (secondary N) is 2. The van der Waals surface area contributed by atoms with Gasteiger partial charge in [-0.15, -0.1) is 0 Å². The molecule has 2 aromatic rings. The fourth-order valence-electron chi connectivity index (χ4n) is 2.30. The Morgan fingerprint density at radius 2 is 2.15 bits per heavy atom. The Labute approximate surface area is 157 Å². The molecule has 27 heavy (non-hydrogen) atoms. The van der Waals surface area contributed by atoms with Crippen LogP contribution in [0.15, 0.2) is 41.7 Å². The highest BCUT2D eigenvalue weighted by Gasteiger charge is 2.32. The molecule has 1 aliphatic rings. The van der Waals surface area contributed by atoms with Crippen LogP contribution in [0.5, 0.6) is 0 Å². The van der Waals surface area contributed by atoms with Gasteiger partial charge in [0, 0.05) is 24.9 Å². The lowest BCUT2D eigenvalue weighted by Gasteiger charge is -2.08. The van der Waals surface area contributed by atoms with Crippen LogP contribution in [0.4, 0.5) is 17.3 Å². The number of hydrogen-bond acceptors (Lipinski definition) is 8. The first-order valence-corrected chi connectivity index (χ1v) is 8.68. The molecule has 10 nitrogen and oxygen atoms in total. The second-order valence-corrected chi connectivity index (χ2v) is 6.78. The summed E-state index contributed by atoms with van der Waals surface area (Å²) in [6, 6.07) is 6.13. The van der Waals surface area contributed by atoms with E-state index in [0.29, 0.717) is 10.7 Å². The fraction of sp³-hybridized carbons (Fsp3) is 0.188. The number of rotatable bonds is 5. The van der Waals surface area contributed by atoms with Crippen LogP contribution in [0.1, 0.15) is 12.0 Å². The van der Waals surface area contributed by atoms with E-state index < -0.39 is 16.1 Å². The predicted molar refractivity (Wildman–Crippen MR) is 99.7 cm³/mol. The van der Waals surface area contributed by atoms with Gasteiger partial charge >= 0.3 is 0 Å². The molecule has 2 N–H and O–H groups in total. The van der Waals surface area contributed by atoms with Crippen LogP contribution < -0.4 is 10.6 Å². The minimum atomic E-state index is -0.697. The third kappa shape index (κ3) is 4.64. The van der Waals surface area contributed by atoms with Crippen molar-refractivity contribution in [2.75, 3.05) is 5.32 Å². The average Bonchev–Trinajstić information content (AvgIpc) is 2.96. The van der Waals surface area contributed by atoms with Gasteiger partial charge in [-0.2, -0.15) is 4.99 Å². The van der Waals surface area contributed by atoms with Gasteiger partial charge in [0.2, 0.25) is 11.8 Å². The maximum absolute atomic E-state index is 12.2. The predicted octanol–water partition coefficient (Wildman–Crippen LogP) is 1.94. The van der Waals surface area contributed by atoms with Crippen molar-refractivity contribution in [2.45, 2.75) is 18.6 Å². The Morgan fingerprint density at radius 3 is 2.85 bits per heavy atom. The van der Waals surface area contributed by atoms with Gasteiger partial charge in [0.05, 0.1) is 4.92 Å². The summed E-state index contributed by atoms with van der Waals surface area (Å²) in [6.45, 7) is 1.72. The van der Waals surface area contributed by atoms with Crippen LogP contribution in [-0.4, -0.2) is 37.1 Å². The standard InChI is InChI=1S/C16H14N6O4S/c1-9-3-4-10(11(7-9)22(25)26)19-13(23)8-12-14(24)20-16(27-12)21-15-17-5-2-6-18-15/h2-7,12H,8H2,1H3,(H,19,23)(H,17,18,20,21,24). The summed E-state index contributed by atoms with van der Waals surface area (Å²) in [5, 5.41) is 15.8. The maximum Gasteiger partial charge on any atom is 0.293 e. The van der Waals surface area contributed by atoms with E-state index in [1.54, 1.807) is 19.1 Å². The molecule has 2 amide bonds. The van der Waals surface area contributed by atoms with Crippen LogP contribution in [0, 0.1) is 17.0 Å². The van der Waals surface area contributed by atoms with Gasteiger partial charge < -0.3 is 10.6 Å². The number of nitrogens with zero attached hydrogens (tertiary/aromatic N) is 4. The molecule has 1 unspecified atom stereocenters. The number of aliphatic imine (C=N–C) groups is 1. The van der Waals surface area contributed by atoms with Crippen molar-refractivity contribution in [1.29, 1.82) is 0 Å². The second kappa shape index (κ2) is 7.91. The highest BCUT2D eigenvalue weighted by molar-refractivity contribution is 8.15. The normalized spacial score (nSPS) is 17.6. The molecule has 2 heterocycles. The van der Waals surface area contributed by atoms with Crippen molar-refractivity contribution in [3.8, 4) is 0 Å². The topological polar surface area (TPSA) is 139 Å². The van der Waals surface area contributed by atoms with Gasteiger partial charge in [-0.25, -0.2) is 9.97 Å². The summed E-state index contributed by atoms with van der Waals surface area (Å²) in [6.07, 6.45) is 2.89. The number of carbonyl (C=O) groups is 2. The molecule has 1 aliphatic heterocycles. The van der Waals surface area contributed by atoms with Gasteiger partial charge in [-0.1, -0.05) is 17.8 Å². The van der Waals surface area contributed by atoms with Crippen LogP contribution in [-0.2, 0) is 9.59 Å². The molecule has 11 heteroatoms. The van der Waals surface area contributed by atoms with Crippen LogP contribution in [0.25, 0.3) is 0 Å². The van der Waals surface area contributed by atoms with Crippen molar-refractivity contribution < 1.29 is 14.5 Å². The monoisotopic (exact) mass is 386 g/mol. The van der Waals surface area contributed by atoms with Crippen molar-refractivity contribution in [2.24, 2.45) is 4.99 Å². The summed E-state index contributed by atoms with van der Waals surface area (Å²) in [7, 11) is 0. The Bertz CT molecular complexity index is 934. The van der Waals surface area contributed by atoms with Crippen LogP contribution in [0.2, 0.25) is 0 Å². The number of amides is 2. The van der Waals surface area contributed by atoms with E-state index in [0.717, 1.165) is 11.8 Å². The smallest absolute Gasteiger partial charge is 0.293 e. The minimum Gasteiger partial charge on any atom is -0.320 e. The first-order chi connectivity index (χ1) is 12.9. The lowest BCUT2D eigenvalue weighted by atomic mass is 10.2. The van der Waals surface area contributed by atoms with Gasteiger partial charge in [0.15, 0.2) is 5.17 Å². The highest BCUT2D eigenvalue weighted by atomic mass is 32.2. The van der Waals surface area contributed by atoms with E-state index in [4.69, 9.17) is 0 Å². The number of aryl methyl sites for hydroxylation is 1. The first kappa shape index (κ1) is 18.5. The highest BCUT2D eigenvalue weighted by Crippen LogP contribution is 2.27. The molecule has 0 bridgehead atoms. The summed E-state index contributed by atoms with van der Waals surface area (Å²) in [5.41, 5.74) is 0.593. The van der Waals surface area contributed by atoms with Crippen molar-refractivity contribution >= 4 is 46.1 Å². The zero-order chi connectivity index (χ0) is 19.4. The molecule has 1 fully saturated rings.